The van der Waals surface area contributed by atoms with Gasteiger partial charge in [-0.05, 0) is 12.1 Å². The van der Waals surface area contributed by atoms with Crippen molar-refractivity contribution in [3.8, 4) is 0 Å². The lowest BCUT2D eigenvalue weighted by Gasteiger charge is -1.92. The van der Waals surface area contributed by atoms with Crippen molar-refractivity contribution in [2.75, 3.05) is 5.73 Å². The van der Waals surface area contributed by atoms with Gasteiger partial charge in [-0.3, -0.25) is 0 Å². The van der Waals surface area contributed by atoms with Crippen LogP contribution in [-0.2, 0) is 0 Å². The van der Waals surface area contributed by atoms with E-state index in [1.165, 1.54) is 12.1 Å². The molecule has 1 heterocycles. The van der Waals surface area contributed by atoms with Crippen molar-refractivity contribution < 1.29 is 0 Å². The highest BCUT2D eigenvalue weighted by atomic mass is 35.5. The summed E-state index contributed by atoms with van der Waals surface area (Å²) in [6.45, 7) is 0. The van der Waals surface area contributed by atoms with Crippen molar-refractivity contribution in [3.05, 3.63) is 22.3 Å². The highest BCUT2D eigenvalue weighted by molar-refractivity contribution is 6.34. The van der Waals surface area contributed by atoms with Gasteiger partial charge in [-0.2, -0.15) is 0 Å². The first-order valence-electron chi connectivity index (χ1n) is 2.27. The van der Waals surface area contributed by atoms with Crippen molar-refractivity contribution in [1.82, 2.24) is 4.98 Å². The highest BCUT2D eigenvalue weighted by Gasteiger charge is 1.93. The zero-order valence-corrected chi connectivity index (χ0v) is 7.17. The summed E-state index contributed by atoms with van der Waals surface area (Å²) in [5, 5.41) is 0.826. The molecule has 5 heteroatoms. The Balaban J connectivity index is 0.000000810. The Morgan fingerprint density at radius 1 is 1.30 bits per heavy atom. The molecule has 0 aromatic carbocycles. The van der Waals surface area contributed by atoms with E-state index in [0.29, 0.717) is 16.0 Å². The third-order valence-electron chi connectivity index (χ3n) is 0.779. The van der Waals surface area contributed by atoms with E-state index in [2.05, 4.69) is 4.98 Å². The number of anilines is 1. The third kappa shape index (κ3) is 2.60. The average molecular weight is 199 g/mol. The third-order valence-corrected chi connectivity index (χ3v) is 1.19. The minimum atomic E-state index is 0. The minimum Gasteiger partial charge on any atom is -0.384 e. The average Bonchev–Trinajstić information content (AvgIpc) is 1.59. The SMILES string of the molecule is Cl.Nc1cc(Cl)cc(Cl)n1. The van der Waals surface area contributed by atoms with Crippen molar-refractivity contribution in [2.24, 2.45) is 0 Å². The zero-order valence-electron chi connectivity index (χ0n) is 4.84. The van der Waals surface area contributed by atoms with Gasteiger partial charge in [0.1, 0.15) is 11.0 Å². The molecule has 0 unspecified atom stereocenters. The first kappa shape index (κ1) is 9.82. The van der Waals surface area contributed by atoms with E-state index in [1.54, 1.807) is 0 Å². The Morgan fingerprint density at radius 2 is 1.90 bits per heavy atom. The van der Waals surface area contributed by atoms with Crippen LogP contribution in [0.1, 0.15) is 0 Å². The molecule has 56 valence electrons. The summed E-state index contributed by atoms with van der Waals surface area (Å²) >= 11 is 11.0. The lowest BCUT2D eigenvalue weighted by Crippen LogP contribution is -1.88. The second kappa shape index (κ2) is 3.86. The van der Waals surface area contributed by atoms with Crippen molar-refractivity contribution >= 4 is 41.4 Å². The van der Waals surface area contributed by atoms with Crippen LogP contribution in [0.2, 0.25) is 10.2 Å². The monoisotopic (exact) mass is 198 g/mol. The molecular weight excluding hydrogens is 194 g/mol. The zero-order chi connectivity index (χ0) is 6.85. The van der Waals surface area contributed by atoms with Crippen LogP contribution in [0.15, 0.2) is 12.1 Å². The van der Waals surface area contributed by atoms with Gasteiger partial charge in [0.15, 0.2) is 0 Å². The van der Waals surface area contributed by atoms with Crippen LogP contribution in [0.25, 0.3) is 0 Å². The molecule has 0 saturated heterocycles. The number of nitrogens with zero attached hydrogens (tertiary/aromatic N) is 1. The summed E-state index contributed by atoms with van der Waals surface area (Å²) in [7, 11) is 0. The van der Waals surface area contributed by atoms with Crippen LogP contribution < -0.4 is 5.73 Å². The first-order chi connectivity index (χ1) is 4.18. The number of aromatic nitrogens is 1. The molecule has 0 radical (unpaired) electrons. The highest BCUT2D eigenvalue weighted by Crippen LogP contribution is 2.15. The van der Waals surface area contributed by atoms with Gasteiger partial charge in [0, 0.05) is 5.02 Å². The Labute approximate surface area is 74.8 Å². The van der Waals surface area contributed by atoms with E-state index in [-0.39, 0.29) is 12.4 Å². The summed E-state index contributed by atoms with van der Waals surface area (Å²) in [5.74, 6) is 0.340. The van der Waals surface area contributed by atoms with Gasteiger partial charge in [-0.15, -0.1) is 12.4 Å². The van der Waals surface area contributed by atoms with E-state index in [1.807, 2.05) is 0 Å². The fourth-order valence-electron chi connectivity index (χ4n) is 0.485. The maximum Gasteiger partial charge on any atom is 0.132 e. The number of nitrogen functional groups attached to an aromatic ring is 1. The molecule has 0 atom stereocenters. The van der Waals surface area contributed by atoms with Gasteiger partial charge < -0.3 is 5.73 Å². The van der Waals surface area contributed by atoms with Crippen LogP contribution >= 0.6 is 35.6 Å². The maximum absolute atomic E-state index is 5.55. The van der Waals surface area contributed by atoms with Gasteiger partial charge in [0.2, 0.25) is 0 Å². The molecule has 0 fully saturated rings. The summed E-state index contributed by atoms with van der Waals surface area (Å²) in [4.78, 5) is 3.69. The Hall–Kier alpha value is -0.180. The number of rotatable bonds is 0. The Kier molecular flexibility index (Phi) is 3.79. The molecule has 0 bridgehead atoms. The summed E-state index contributed by atoms with van der Waals surface area (Å²) in [6.07, 6.45) is 0. The normalized spacial score (nSPS) is 8.60. The van der Waals surface area contributed by atoms with Crippen molar-refractivity contribution in [1.29, 1.82) is 0 Å². The smallest absolute Gasteiger partial charge is 0.132 e. The van der Waals surface area contributed by atoms with Crippen LogP contribution in [0.5, 0.6) is 0 Å². The van der Waals surface area contributed by atoms with Crippen molar-refractivity contribution in [2.45, 2.75) is 0 Å². The van der Waals surface area contributed by atoms with Crippen LogP contribution in [0.3, 0.4) is 0 Å². The lowest BCUT2D eigenvalue weighted by molar-refractivity contribution is 1.34. The summed E-state index contributed by atoms with van der Waals surface area (Å²) < 4.78 is 0. The topological polar surface area (TPSA) is 38.9 Å². The van der Waals surface area contributed by atoms with Crippen LogP contribution in [-0.4, -0.2) is 4.98 Å². The standard InChI is InChI=1S/C5H4Cl2N2.ClH/c6-3-1-4(7)9-5(8)2-3;/h1-2H,(H2,8,9);1H. The fourth-order valence-corrected chi connectivity index (χ4v) is 0.971. The number of hydrogen-bond donors (Lipinski definition) is 1. The predicted molar refractivity (Wildman–Crippen MR) is 45.9 cm³/mol. The first-order valence-corrected chi connectivity index (χ1v) is 3.02. The quantitative estimate of drug-likeness (QED) is 0.652. The molecule has 10 heavy (non-hydrogen) atoms. The van der Waals surface area contributed by atoms with Gasteiger partial charge >= 0.3 is 0 Å². The summed E-state index contributed by atoms with van der Waals surface area (Å²) in [5.41, 5.74) is 5.28. The number of hydrogen-bond acceptors (Lipinski definition) is 2. The second-order valence-electron chi connectivity index (χ2n) is 1.53. The largest absolute Gasteiger partial charge is 0.384 e. The van der Waals surface area contributed by atoms with Crippen LogP contribution in [0, 0.1) is 0 Å². The number of halogens is 3. The van der Waals surface area contributed by atoms with E-state index in [4.69, 9.17) is 28.9 Å². The molecule has 2 nitrogen and oxygen atoms in total. The molecule has 2 N–H and O–H groups in total. The minimum absolute atomic E-state index is 0. The van der Waals surface area contributed by atoms with E-state index >= 15 is 0 Å². The van der Waals surface area contributed by atoms with Crippen molar-refractivity contribution in [3.63, 3.8) is 0 Å². The molecule has 1 aromatic heterocycles. The molecule has 0 aliphatic carbocycles. The molecule has 0 saturated carbocycles. The molecule has 0 amide bonds. The maximum atomic E-state index is 5.55. The fraction of sp³-hybridized carbons (Fsp3) is 0. The van der Waals surface area contributed by atoms with Gasteiger partial charge in [-0.1, -0.05) is 23.2 Å². The molecule has 0 aliphatic rings. The Morgan fingerprint density at radius 3 is 2.30 bits per heavy atom. The van der Waals surface area contributed by atoms with Gasteiger partial charge in [-0.25, -0.2) is 4.98 Å². The predicted octanol–water partition coefficient (Wildman–Crippen LogP) is 2.39. The number of pyridine rings is 1. The second-order valence-corrected chi connectivity index (χ2v) is 2.36. The molecule has 1 aromatic rings. The molecule has 0 spiro atoms. The van der Waals surface area contributed by atoms with Gasteiger partial charge in [0.05, 0.1) is 0 Å². The number of nitrogens with two attached hydrogens (primary N) is 1. The molecule has 1 rings (SSSR count). The van der Waals surface area contributed by atoms with E-state index in [9.17, 15) is 0 Å². The van der Waals surface area contributed by atoms with Crippen LogP contribution in [0.4, 0.5) is 5.82 Å². The van der Waals surface area contributed by atoms with E-state index < -0.39 is 0 Å². The Bertz CT molecular complexity index is 176. The van der Waals surface area contributed by atoms with E-state index in [0.717, 1.165) is 0 Å². The molecule has 0 aliphatic heterocycles. The summed E-state index contributed by atoms with van der Waals surface area (Å²) in [6, 6.07) is 3.06. The van der Waals surface area contributed by atoms with Gasteiger partial charge in [0.25, 0.3) is 0 Å². The lowest BCUT2D eigenvalue weighted by atomic mass is 10.5. The molecular formula is C5H5Cl3N2.